The van der Waals surface area contributed by atoms with Gasteiger partial charge in [0.25, 0.3) is 0 Å². The van der Waals surface area contributed by atoms with E-state index in [-0.39, 0.29) is 5.91 Å². The molecule has 1 saturated carbocycles. The smallest absolute Gasteiger partial charge is 0.244 e. The fraction of sp³-hybridized carbons (Fsp3) is 0.500. The maximum atomic E-state index is 12.2. The minimum Gasteiger partial charge on any atom is -0.492 e. The molecule has 1 aliphatic carbocycles. The first-order valence-electron chi connectivity index (χ1n) is 6.38. The second kappa shape index (κ2) is 4.98. The molecule has 0 spiro atoms. The Morgan fingerprint density at radius 1 is 1.50 bits per heavy atom. The summed E-state index contributed by atoms with van der Waals surface area (Å²) in [6.07, 6.45) is 2.07. The van der Waals surface area contributed by atoms with Gasteiger partial charge in [-0.15, -0.1) is 0 Å². The number of para-hydroxylation sites is 2. The van der Waals surface area contributed by atoms with Crippen molar-refractivity contribution in [3.63, 3.8) is 0 Å². The highest BCUT2D eigenvalue weighted by Crippen LogP contribution is 2.39. The predicted molar refractivity (Wildman–Crippen MR) is 71.6 cm³/mol. The van der Waals surface area contributed by atoms with Gasteiger partial charge < -0.3 is 15.8 Å². The van der Waals surface area contributed by atoms with Crippen LogP contribution in [-0.4, -0.2) is 18.1 Å². The van der Waals surface area contributed by atoms with E-state index in [1.807, 2.05) is 31.2 Å². The Labute approximate surface area is 108 Å². The summed E-state index contributed by atoms with van der Waals surface area (Å²) >= 11 is 0. The van der Waals surface area contributed by atoms with Crippen LogP contribution in [0, 0.1) is 5.92 Å². The van der Waals surface area contributed by atoms with Crippen LogP contribution in [0.2, 0.25) is 0 Å². The molecule has 1 aromatic rings. The first-order valence-corrected chi connectivity index (χ1v) is 6.38. The van der Waals surface area contributed by atoms with Crippen LogP contribution in [0.4, 0.5) is 5.69 Å². The lowest BCUT2D eigenvalue weighted by Gasteiger charge is -2.23. The van der Waals surface area contributed by atoms with E-state index in [2.05, 4.69) is 5.32 Å². The first-order chi connectivity index (χ1) is 8.55. The zero-order valence-corrected chi connectivity index (χ0v) is 10.9. The molecule has 0 saturated heterocycles. The number of anilines is 1. The van der Waals surface area contributed by atoms with Crippen LogP contribution in [0.3, 0.4) is 0 Å². The molecule has 0 aromatic heterocycles. The highest BCUT2D eigenvalue weighted by molar-refractivity contribution is 5.99. The molecule has 1 atom stereocenters. The SMILES string of the molecule is CCOc1ccccc1NC(=O)C(C)(N)C1CC1. The summed E-state index contributed by atoms with van der Waals surface area (Å²) in [5.41, 5.74) is 5.97. The van der Waals surface area contributed by atoms with Gasteiger partial charge in [-0.3, -0.25) is 4.79 Å². The van der Waals surface area contributed by atoms with Crippen molar-refractivity contribution in [1.29, 1.82) is 0 Å². The average Bonchev–Trinajstić information content (AvgIpc) is 3.16. The Bertz CT molecular complexity index is 439. The number of carbonyl (C=O) groups is 1. The van der Waals surface area contributed by atoms with Gasteiger partial charge in [-0.05, 0) is 44.7 Å². The number of carbonyl (C=O) groups excluding carboxylic acids is 1. The van der Waals surface area contributed by atoms with Crippen molar-refractivity contribution in [1.82, 2.24) is 0 Å². The summed E-state index contributed by atoms with van der Waals surface area (Å²) in [6, 6.07) is 7.41. The van der Waals surface area contributed by atoms with Gasteiger partial charge in [0.15, 0.2) is 0 Å². The standard InChI is InChI=1S/C14H20N2O2/c1-3-18-12-7-5-4-6-11(12)16-13(17)14(2,15)10-8-9-10/h4-7,10H,3,8-9,15H2,1-2H3,(H,16,17). The molecule has 98 valence electrons. The molecule has 4 heteroatoms. The molecular weight excluding hydrogens is 228 g/mol. The predicted octanol–water partition coefficient (Wildman–Crippen LogP) is 2.15. The van der Waals surface area contributed by atoms with Crippen molar-refractivity contribution >= 4 is 11.6 Å². The van der Waals surface area contributed by atoms with Crippen molar-refractivity contribution in [2.24, 2.45) is 11.7 Å². The van der Waals surface area contributed by atoms with E-state index >= 15 is 0 Å². The molecule has 1 unspecified atom stereocenters. The van der Waals surface area contributed by atoms with Crippen LogP contribution in [0.25, 0.3) is 0 Å². The van der Waals surface area contributed by atoms with E-state index in [1.54, 1.807) is 6.92 Å². The highest BCUT2D eigenvalue weighted by atomic mass is 16.5. The Morgan fingerprint density at radius 2 is 2.17 bits per heavy atom. The first kappa shape index (κ1) is 12.9. The van der Waals surface area contributed by atoms with E-state index in [0.717, 1.165) is 12.8 Å². The molecule has 1 aliphatic rings. The second-order valence-electron chi connectivity index (χ2n) is 4.94. The Kier molecular flexibility index (Phi) is 3.57. The molecule has 18 heavy (non-hydrogen) atoms. The van der Waals surface area contributed by atoms with E-state index in [0.29, 0.717) is 24.0 Å². The number of amides is 1. The van der Waals surface area contributed by atoms with E-state index in [1.165, 1.54) is 0 Å². The number of benzene rings is 1. The fourth-order valence-electron chi connectivity index (χ4n) is 1.98. The molecule has 0 radical (unpaired) electrons. The second-order valence-corrected chi connectivity index (χ2v) is 4.94. The number of nitrogens with two attached hydrogens (primary N) is 1. The summed E-state index contributed by atoms with van der Waals surface area (Å²) in [6.45, 7) is 4.27. The number of ether oxygens (including phenoxy) is 1. The summed E-state index contributed by atoms with van der Waals surface area (Å²) < 4.78 is 5.47. The van der Waals surface area contributed by atoms with Crippen molar-refractivity contribution in [2.75, 3.05) is 11.9 Å². The van der Waals surface area contributed by atoms with Crippen molar-refractivity contribution in [2.45, 2.75) is 32.2 Å². The van der Waals surface area contributed by atoms with Gasteiger partial charge in [0.2, 0.25) is 5.91 Å². The number of rotatable bonds is 5. The monoisotopic (exact) mass is 248 g/mol. The summed E-state index contributed by atoms with van der Waals surface area (Å²) in [5.74, 6) is 0.842. The lowest BCUT2D eigenvalue weighted by atomic mass is 9.96. The van der Waals surface area contributed by atoms with Crippen LogP contribution in [0.1, 0.15) is 26.7 Å². The molecule has 3 N–H and O–H groups in total. The van der Waals surface area contributed by atoms with E-state index < -0.39 is 5.54 Å². The highest BCUT2D eigenvalue weighted by Gasteiger charge is 2.44. The van der Waals surface area contributed by atoms with Gasteiger partial charge in [-0.25, -0.2) is 0 Å². The third kappa shape index (κ3) is 2.64. The molecule has 1 amide bonds. The van der Waals surface area contributed by atoms with Gasteiger partial charge in [-0.2, -0.15) is 0 Å². The molecular formula is C14H20N2O2. The Balaban J connectivity index is 2.11. The molecule has 0 aliphatic heterocycles. The zero-order valence-electron chi connectivity index (χ0n) is 10.9. The largest absolute Gasteiger partial charge is 0.492 e. The Morgan fingerprint density at radius 3 is 2.78 bits per heavy atom. The molecule has 1 aromatic carbocycles. The number of nitrogens with one attached hydrogen (secondary N) is 1. The quantitative estimate of drug-likeness (QED) is 0.839. The molecule has 0 heterocycles. The van der Waals surface area contributed by atoms with E-state index in [4.69, 9.17) is 10.5 Å². The maximum absolute atomic E-state index is 12.2. The lowest BCUT2D eigenvalue weighted by Crippen LogP contribution is -2.50. The van der Waals surface area contributed by atoms with Crippen LogP contribution in [-0.2, 0) is 4.79 Å². The van der Waals surface area contributed by atoms with Crippen LogP contribution in [0.5, 0.6) is 5.75 Å². The zero-order chi connectivity index (χ0) is 13.2. The van der Waals surface area contributed by atoms with Crippen molar-refractivity contribution in [3.8, 4) is 5.75 Å². The average molecular weight is 248 g/mol. The fourth-order valence-corrected chi connectivity index (χ4v) is 1.98. The van der Waals surface area contributed by atoms with Gasteiger partial charge in [0.05, 0.1) is 17.8 Å². The van der Waals surface area contributed by atoms with Crippen LogP contribution in [0.15, 0.2) is 24.3 Å². The number of hydrogen-bond donors (Lipinski definition) is 2. The summed E-state index contributed by atoms with van der Waals surface area (Å²) in [5, 5.41) is 2.87. The minimum atomic E-state index is -0.792. The van der Waals surface area contributed by atoms with Gasteiger partial charge >= 0.3 is 0 Å². The minimum absolute atomic E-state index is 0.142. The van der Waals surface area contributed by atoms with Gasteiger partial charge in [0, 0.05) is 0 Å². The van der Waals surface area contributed by atoms with Gasteiger partial charge in [0.1, 0.15) is 5.75 Å². The summed E-state index contributed by atoms with van der Waals surface area (Å²) in [4.78, 5) is 12.2. The number of hydrogen-bond acceptors (Lipinski definition) is 3. The summed E-state index contributed by atoms with van der Waals surface area (Å²) in [7, 11) is 0. The normalized spacial score (nSPS) is 17.9. The molecule has 4 nitrogen and oxygen atoms in total. The van der Waals surface area contributed by atoms with Gasteiger partial charge in [-0.1, -0.05) is 12.1 Å². The van der Waals surface area contributed by atoms with Crippen molar-refractivity contribution < 1.29 is 9.53 Å². The topological polar surface area (TPSA) is 64.3 Å². The lowest BCUT2D eigenvalue weighted by molar-refractivity contribution is -0.121. The third-order valence-electron chi connectivity index (χ3n) is 3.35. The van der Waals surface area contributed by atoms with Crippen molar-refractivity contribution in [3.05, 3.63) is 24.3 Å². The molecule has 1 fully saturated rings. The van der Waals surface area contributed by atoms with Crippen LogP contribution < -0.4 is 15.8 Å². The maximum Gasteiger partial charge on any atom is 0.244 e. The molecule has 0 bridgehead atoms. The Hall–Kier alpha value is -1.55. The van der Waals surface area contributed by atoms with E-state index in [9.17, 15) is 4.79 Å². The molecule has 2 rings (SSSR count). The third-order valence-corrected chi connectivity index (χ3v) is 3.35. The van der Waals surface area contributed by atoms with Crippen LogP contribution >= 0.6 is 0 Å².